The Morgan fingerprint density at radius 3 is 2.10 bits per heavy atom. The maximum absolute atomic E-state index is 15.0. The second kappa shape index (κ2) is 10.8. The van der Waals surface area contributed by atoms with Gasteiger partial charge in [-0.05, 0) is 47.6 Å². The molecule has 3 aromatic carbocycles. The van der Waals surface area contributed by atoms with E-state index in [2.05, 4.69) is 6.07 Å². The van der Waals surface area contributed by atoms with Gasteiger partial charge in [0.05, 0.1) is 17.7 Å². The largest absolute Gasteiger partial charge is 0.408 e. The molecule has 4 atom stereocenters. The van der Waals surface area contributed by atoms with Crippen molar-refractivity contribution in [3.05, 3.63) is 95.6 Å². The molecule has 0 bridgehead atoms. The van der Waals surface area contributed by atoms with E-state index in [-0.39, 0.29) is 35.4 Å². The Balaban J connectivity index is 1.87. The van der Waals surface area contributed by atoms with Crippen molar-refractivity contribution in [1.29, 1.82) is 5.26 Å². The van der Waals surface area contributed by atoms with E-state index in [4.69, 9.17) is 5.73 Å². The summed E-state index contributed by atoms with van der Waals surface area (Å²) in [5.74, 6) is -3.44. The highest BCUT2D eigenvalue weighted by molar-refractivity contribution is 5.80. The van der Waals surface area contributed by atoms with Crippen molar-refractivity contribution in [1.82, 2.24) is 4.90 Å². The first-order valence-electron chi connectivity index (χ1n) is 12.6. The molecule has 0 unspecified atom stereocenters. The molecule has 9 heteroatoms. The van der Waals surface area contributed by atoms with Crippen LogP contribution in [0.2, 0.25) is 0 Å². The van der Waals surface area contributed by atoms with Crippen LogP contribution in [0, 0.1) is 28.9 Å². The molecule has 4 nitrogen and oxygen atoms in total. The van der Waals surface area contributed by atoms with Crippen LogP contribution in [-0.4, -0.2) is 28.6 Å². The van der Waals surface area contributed by atoms with Gasteiger partial charge in [0.25, 0.3) is 0 Å². The number of hydrogen-bond acceptors (Lipinski definition) is 3. The van der Waals surface area contributed by atoms with Gasteiger partial charge >= 0.3 is 6.18 Å². The first-order valence-corrected chi connectivity index (χ1v) is 12.6. The third kappa shape index (κ3) is 5.52. The molecule has 4 rings (SSSR count). The van der Waals surface area contributed by atoms with Gasteiger partial charge in [-0.25, -0.2) is 8.78 Å². The number of alkyl halides is 3. The molecule has 0 heterocycles. The van der Waals surface area contributed by atoms with Gasteiger partial charge in [-0.15, -0.1) is 0 Å². The average molecular weight is 542 g/mol. The number of rotatable bonds is 9. The van der Waals surface area contributed by atoms with E-state index in [1.54, 1.807) is 44.2 Å². The molecule has 0 aromatic heterocycles. The zero-order chi connectivity index (χ0) is 28.5. The Morgan fingerprint density at radius 2 is 1.62 bits per heavy atom. The number of nitrogens with two attached hydrogens (primary N) is 1. The summed E-state index contributed by atoms with van der Waals surface area (Å²) in [6.07, 6.45) is -4.82. The molecular weight excluding hydrogens is 513 g/mol. The summed E-state index contributed by atoms with van der Waals surface area (Å²) in [5, 5.41) is 10.3. The number of carbonyl (C=O) groups excluding carboxylic acids is 1. The quantitative estimate of drug-likeness (QED) is 0.300. The number of nitriles is 1. The van der Waals surface area contributed by atoms with Crippen LogP contribution in [-0.2, 0) is 4.79 Å². The summed E-state index contributed by atoms with van der Waals surface area (Å²) in [5.41, 5.74) is 4.16. The van der Waals surface area contributed by atoms with Crippen molar-refractivity contribution in [2.45, 2.75) is 56.4 Å². The molecule has 0 radical (unpaired) electrons. The second-order valence-electron chi connectivity index (χ2n) is 10.3. The minimum absolute atomic E-state index is 0.00533. The summed E-state index contributed by atoms with van der Waals surface area (Å²) in [6.45, 7) is 3.52. The molecule has 3 aromatic rings. The van der Waals surface area contributed by atoms with Crippen LogP contribution in [0.1, 0.15) is 49.8 Å². The Hall–Kier alpha value is -3.77. The van der Waals surface area contributed by atoms with Crippen molar-refractivity contribution in [3.63, 3.8) is 0 Å². The lowest BCUT2D eigenvalue weighted by atomic mass is 9.91. The maximum atomic E-state index is 15.0. The Labute approximate surface area is 223 Å². The van der Waals surface area contributed by atoms with Crippen molar-refractivity contribution >= 4 is 5.91 Å². The van der Waals surface area contributed by atoms with Gasteiger partial charge in [0.15, 0.2) is 0 Å². The molecule has 1 fully saturated rings. The van der Waals surface area contributed by atoms with Crippen LogP contribution < -0.4 is 5.73 Å². The highest BCUT2D eigenvalue weighted by Gasteiger charge is 2.66. The number of halogens is 5. The summed E-state index contributed by atoms with van der Waals surface area (Å²) < 4.78 is 73.6. The summed E-state index contributed by atoms with van der Waals surface area (Å²) in [4.78, 5) is 13.6. The topological polar surface area (TPSA) is 70.1 Å². The number of nitrogens with zero attached hydrogens (tertiary/aromatic N) is 2. The van der Waals surface area contributed by atoms with E-state index in [0.29, 0.717) is 5.56 Å². The molecule has 1 amide bonds. The fourth-order valence-corrected chi connectivity index (χ4v) is 5.41. The van der Waals surface area contributed by atoms with Gasteiger partial charge in [-0.2, -0.15) is 18.4 Å². The number of benzene rings is 3. The molecule has 0 aliphatic heterocycles. The van der Waals surface area contributed by atoms with E-state index in [1.807, 2.05) is 0 Å². The van der Waals surface area contributed by atoms with Gasteiger partial charge in [-0.3, -0.25) is 9.69 Å². The lowest BCUT2D eigenvalue weighted by Gasteiger charge is -2.42. The monoisotopic (exact) mass is 541 g/mol. The number of hydrogen-bond donors (Lipinski definition) is 1. The first-order chi connectivity index (χ1) is 18.4. The van der Waals surface area contributed by atoms with Gasteiger partial charge in [0, 0.05) is 5.92 Å². The lowest BCUT2D eigenvalue weighted by molar-refractivity contribution is -0.200. The second-order valence-corrected chi connectivity index (χ2v) is 10.3. The van der Waals surface area contributed by atoms with Crippen LogP contribution in [0.25, 0.3) is 11.1 Å². The standard InChI is InChI=1S/C30H28F5N3O/c1-18(2)15-25(28(37)39)38(29(17-36)16-22(29)19-7-4-3-5-8-19)27(30(33,34)35)21-13-11-20(12-14-21)26-23(31)9-6-10-24(26)32/h3-14,18,22,25,27H,15-16H2,1-2H3,(H2,37,39)/t22-,25-,27-,29+/m0/s1. The SMILES string of the molecule is CC(C)C[C@@H](C(N)=O)N([C@@H](c1ccc(-c2c(F)cccc2F)cc1)C(F)(F)F)[C@@]1(C#N)C[C@H]1c1ccccc1. The van der Waals surface area contributed by atoms with Crippen LogP contribution in [0.4, 0.5) is 22.0 Å². The highest BCUT2D eigenvalue weighted by Crippen LogP contribution is 2.60. The number of primary amides is 1. The van der Waals surface area contributed by atoms with Crippen LogP contribution in [0.5, 0.6) is 0 Å². The van der Waals surface area contributed by atoms with E-state index < -0.39 is 47.3 Å². The van der Waals surface area contributed by atoms with Gasteiger partial charge in [0.2, 0.25) is 5.91 Å². The van der Waals surface area contributed by atoms with Crippen molar-refractivity contribution < 1.29 is 26.7 Å². The maximum Gasteiger partial charge on any atom is 0.408 e. The minimum atomic E-state index is -4.91. The predicted octanol–water partition coefficient (Wildman–Crippen LogP) is 6.89. The minimum Gasteiger partial charge on any atom is -0.368 e. The van der Waals surface area contributed by atoms with Crippen LogP contribution >= 0.6 is 0 Å². The van der Waals surface area contributed by atoms with E-state index in [0.717, 1.165) is 29.2 Å². The molecular formula is C30H28F5N3O. The lowest BCUT2D eigenvalue weighted by Crippen LogP contribution is -2.56. The fourth-order valence-electron chi connectivity index (χ4n) is 5.41. The predicted molar refractivity (Wildman–Crippen MR) is 137 cm³/mol. The van der Waals surface area contributed by atoms with Crippen molar-refractivity contribution in [2.75, 3.05) is 0 Å². The zero-order valence-electron chi connectivity index (χ0n) is 21.4. The van der Waals surface area contributed by atoms with E-state index in [9.17, 15) is 32.0 Å². The third-order valence-corrected chi connectivity index (χ3v) is 7.21. The van der Waals surface area contributed by atoms with Gasteiger partial charge in [-0.1, -0.05) is 74.5 Å². The Morgan fingerprint density at radius 1 is 1.03 bits per heavy atom. The molecule has 1 saturated carbocycles. The highest BCUT2D eigenvalue weighted by atomic mass is 19.4. The Kier molecular flexibility index (Phi) is 7.80. The van der Waals surface area contributed by atoms with Crippen LogP contribution in [0.3, 0.4) is 0 Å². The molecule has 1 aliphatic rings. The zero-order valence-corrected chi connectivity index (χ0v) is 21.4. The van der Waals surface area contributed by atoms with Crippen LogP contribution in [0.15, 0.2) is 72.8 Å². The first kappa shape index (κ1) is 28.2. The fraction of sp³-hybridized carbons (Fsp3) is 0.333. The molecule has 39 heavy (non-hydrogen) atoms. The smallest absolute Gasteiger partial charge is 0.368 e. The number of amides is 1. The van der Waals surface area contributed by atoms with Gasteiger partial charge < -0.3 is 5.73 Å². The molecule has 0 saturated heterocycles. The summed E-state index contributed by atoms with van der Waals surface area (Å²) in [6, 6.07) is 15.0. The van der Waals surface area contributed by atoms with E-state index in [1.165, 1.54) is 18.2 Å². The van der Waals surface area contributed by atoms with Gasteiger partial charge in [0.1, 0.15) is 23.2 Å². The molecule has 204 valence electrons. The normalized spacial score (nSPS) is 20.5. The summed E-state index contributed by atoms with van der Waals surface area (Å²) in [7, 11) is 0. The third-order valence-electron chi connectivity index (χ3n) is 7.21. The number of carbonyl (C=O) groups is 1. The van der Waals surface area contributed by atoms with Crippen molar-refractivity contribution in [3.8, 4) is 17.2 Å². The average Bonchev–Trinajstić information content (AvgIpc) is 3.62. The van der Waals surface area contributed by atoms with Crippen molar-refractivity contribution in [2.24, 2.45) is 11.7 Å². The Bertz CT molecular complexity index is 1350. The molecule has 0 spiro atoms. The van der Waals surface area contributed by atoms with E-state index >= 15 is 0 Å². The molecule has 2 N–H and O–H groups in total. The summed E-state index contributed by atoms with van der Waals surface area (Å²) >= 11 is 0. The molecule has 1 aliphatic carbocycles.